The van der Waals surface area contributed by atoms with Gasteiger partial charge >= 0.3 is 0 Å². The van der Waals surface area contributed by atoms with E-state index in [-0.39, 0.29) is 18.1 Å². The second kappa shape index (κ2) is 9.54. The molecule has 1 atom stereocenters. The quantitative estimate of drug-likeness (QED) is 0.286. The maximum absolute atomic E-state index is 13.5. The number of aryl methyl sites for hydroxylation is 2. The molecule has 3 aromatic rings. The number of Topliss-reactive ketones (excluding diaryl/α,β-unsaturated/α-hetero) is 1. The standard InChI is InChI=1S/C29H27NO7/c1-5-35-20-9-6-18(7-10-20)26-25(27(31)21-12-17(3)23(34-4)13-16(21)2)28(32)29(33)30(26)19-8-11-22-24(14-19)37-15-36-22/h6-14,26,31H,5,15H2,1-4H3/b27-25+. The molecule has 5 rings (SSSR count). The van der Waals surface area contributed by atoms with Crippen LogP contribution in [0.3, 0.4) is 0 Å². The Labute approximate surface area is 214 Å². The number of ketones is 1. The molecule has 1 saturated heterocycles. The zero-order valence-electron chi connectivity index (χ0n) is 21.0. The largest absolute Gasteiger partial charge is 0.507 e. The summed E-state index contributed by atoms with van der Waals surface area (Å²) in [6.45, 7) is 6.14. The van der Waals surface area contributed by atoms with Gasteiger partial charge in [0.2, 0.25) is 6.79 Å². The Hall–Kier alpha value is -4.46. The van der Waals surface area contributed by atoms with E-state index in [9.17, 15) is 14.7 Å². The lowest BCUT2D eigenvalue weighted by Crippen LogP contribution is -2.29. The zero-order chi connectivity index (χ0) is 26.3. The van der Waals surface area contributed by atoms with Crippen LogP contribution < -0.4 is 23.8 Å². The molecule has 0 saturated carbocycles. The molecule has 0 bridgehead atoms. The van der Waals surface area contributed by atoms with Gasteiger partial charge in [0.05, 0.1) is 25.3 Å². The Morgan fingerprint density at radius 3 is 2.43 bits per heavy atom. The van der Waals surface area contributed by atoms with Crippen LogP contribution in [0.15, 0.2) is 60.2 Å². The Kier molecular flexibility index (Phi) is 6.25. The van der Waals surface area contributed by atoms with Gasteiger partial charge < -0.3 is 24.1 Å². The van der Waals surface area contributed by atoms with E-state index in [0.717, 1.165) is 5.56 Å². The van der Waals surface area contributed by atoms with Crippen molar-refractivity contribution < 1.29 is 33.6 Å². The maximum atomic E-state index is 13.5. The van der Waals surface area contributed by atoms with Gasteiger partial charge in [-0.1, -0.05) is 12.1 Å². The van der Waals surface area contributed by atoms with Crippen LogP contribution in [0, 0.1) is 13.8 Å². The predicted octanol–water partition coefficient (Wildman–Crippen LogP) is 5.07. The molecule has 0 spiro atoms. The minimum absolute atomic E-state index is 0.000469. The molecule has 1 fully saturated rings. The lowest BCUT2D eigenvalue weighted by Gasteiger charge is -2.26. The van der Waals surface area contributed by atoms with Crippen LogP contribution in [0.2, 0.25) is 0 Å². The summed E-state index contributed by atoms with van der Waals surface area (Å²) < 4.78 is 21.9. The van der Waals surface area contributed by atoms with Crippen molar-refractivity contribution in [2.45, 2.75) is 26.8 Å². The molecular weight excluding hydrogens is 474 g/mol. The van der Waals surface area contributed by atoms with Gasteiger partial charge in [-0.15, -0.1) is 0 Å². The average Bonchev–Trinajstić information content (AvgIpc) is 3.47. The van der Waals surface area contributed by atoms with Crippen LogP contribution in [0.4, 0.5) is 5.69 Å². The molecule has 8 nitrogen and oxygen atoms in total. The number of amides is 1. The SMILES string of the molecule is CCOc1ccc(C2/C(=C(\O)c3cc(C)c(OC)cc3C)C(=O)C(=O)N2c2ccc3c(c2)OCO3)cc1. The first kappa shape index (κ1) is 24.2. The molecule has 190 valence electrons. The number of rotatable bonds is 6. The highest BCUT2D eigenvalue weighted by molar-refractivity contribution is 6.51. The van der Waals surface area contributed by atoms with Gasteiger partial charge in [-0.25, -0.2) is 0 Å². The maximum Gasteiger partial charge on any atom is 0.300 e. The molecule has 2 aliphatic rings. The first-order chi connectivity index (χ1) is 17.8. The molecular formula is C29H27NO7. The normalized spacial score (nSPS) is 17.8. The van der Waals surface area contributed by atoms with E-state index in [1.165, 1.54) is 4.90 Å². The van der Waals surface area contributed by atoms with Crippen molar-refractivity contribution in [3.63, 3.8) is 0 Å². The Bertz CT molecular complexity index is 1420. The predicted molar refractivity (Wildman–Crippen MR) is 137 cm³/mol. The van der Waals surface area contributed by atoms with Crippen molar-refractivity contribution in [2.24, 2.45) is 0 Å². The molecule has 1 N–H and O–H groups in total. The lowest BCUT2D eigenvalue weighted by atomic mass is 9.93. The third kappa shape index (κ3) is 4.14. The number of fused-ring (bicyclic) bond motifs is 1. The molecule has 2 heterocycles. The Balaban J connectivity index is 1.70. The molecule has 1 amide bonds. The summed E-state index contributed by atoms with van der Waals surface area (Å²) >= 11 is 0. The van der Waals surface area contributed by atoms with Crippen molar-refractivity contribution in [3.05, 3.63) is 82.4 Å². The molecule has 0 aromatic heterocycles. The van der Waals surface area contributed by atoms with Crippen molar-refractivity contribution in [1.82, 2.24) is 0 Å². The van der Waals surface area contributed by atoms with Crippen LogP contribution in [-0.4, -0.2) is 37.3 Å². The van der Waals surface area contributed by atoms with Crippen LogP contribution >= 0.6 is 0 Å². The fraction of sp³-hybridized carbons (Fsp3) is 0.241. The van der Waals surface area contributed by atoms with E-state index in [4.69, 9.17) is 18.9 Å². The highest BCUT2D eigenvalue weighted by Gasteiger charge is 2.47. The number of methoxy groups -OCH3 is 1. The summed E-state index contributed by atoms with van der Waals surface area (Å²) in [5, 5.41) is 11.5. The monoisotopic (exact) mass is 501 g/mol. The molecule has 2 aliphatic heterocycles. The first-order valence-corrected chi connectivity index (χ1v) is 11.9. The van der Waals surface area contributed by atoms with Crippen molar-refractivity contribution in [1.29, 1.82) is 0 Å². The van der Waals surface area contributed by atoms with Gasteiger partial charge in [-0.3, -0.25) is 14.5 Å². The third-order valence-electron chi connectivity index (χ3n) is 6.58. The second-order valence-electron chi connectivity index (χ2n) is 8.85. The van der Waals surface area contributed by atoms with Gasteiger partial charge in [0.1, 0.15) is 17.3 Å². The molecule has 1 unspecified atom stereocenters. The van der Waals surface area contributed by atoms with Crippen molar-refractivity contribution in [3.8, 4) is 23.0 Å². The van der Waals surface area contributed by atoms with Crippen LogP contribution in [0.1, 0.15) is 35.2 Å². The summed E-state index contributed by atoms with van der Waals surface area (Å²) in [6, 6.07) is 14.9. The van der Waals surface area contributed by atoms with Crippen LogP contribution in [-0.2, 0) is 9.59 Å². The highest BCUT2D eigenvalue weighted by atomic mass is 16.7. The Morgan fingerprint density at radius 2 is 1.73 bits per heavy atom. The van der Waals surface area contributed by atoms with Gasteiger partial charge in [0.25, 0.3) is 11.7 Å². The number of hydrogen-bond donors (Lipinski definition) is 1. The highest BCUT2D eigenvalue weighted by Crippen LogP contribution is 2.45. The molecule has 3 aromatic carbocycles. The van der Waals surface area contributed by atoms with Gasteiger partial charge in [0, 0.05) is 17.3 Å². The Morgan fingerprint density at radius 1 is 1.00 bits per heavy atom. The van der Waals surface area contributed by atoms with E-state index in [1.807, 2.05) is 20.8 Å². The van der Waals surface area contributed by atoms with E-state index in [2.05, 4.69) is 0 Å². The summed E-state index contributed by atoms with van der Waals surface area (Å²) in [4.78, 5) is 28.4. The topological polar surface area (TPSA) is 94.5 Å². The lowest BCUT2D eigenvalue weighted by molar-refractivity contribution is -0.132. The van der Waals surface area contributed by atoms with Crippen molar-refractivity contribution >= 4 is 23.1 Å². The number of carbonyl (C=O) groups excluding carboxylic acids is 2. The molecule has 8 heteroatoms. The van der Waals surface area contributed by atoms with Crippen molar-refractivity contribution in [2.75, 3.05) is 25.4 Å². The number of hydrogen-bond acceptors (Lipinski definition) is 7. The van der Waals surface area contributed by atoms with E-state index >= 15 is 0 Å². The summed E-state index contributed by atoms with van der Waals surface area (Å²) in [5.41, 5.74) is 3.05. The van der Waals surface area contributed by atoms with Crippen LogP contribution in [0.5, 0.6) is 23.0 Å². The fourth-order valence-corrected chi connectivity index (χ4v) is 4.77. The van der Waals surface area contributed by atoms with E-state index in [0.29, 0.717) is 52.0 Å². The van der Waals surface area contributed by atoms with Gasteiger partial charge in [0.15, 0.2) is 11.5 Å². The summed E-state index contributed by atoms with van der Waals surface area (Å²) in [5.74, 6) is 0.590. The number of ether oxygens (including phenoxy) is 4. The summed E-state index contributed by atoms with van der Waals surface area (Å²) in [6.07, 6.45) is 0. The van der Waals surface area contributed by atoms with Gasteiger partial charge in [-0.2, -0.15) is 0 Å². The smallest absolute Gasteiger partial charge is 0.300 e. The number of anilines is 1. The second-order valence-corrected chi connectivity index (χ2v) is 8.85. The number of aliphatic hydroxyl groups excluding tert-OH is 1. The van der Waals surface area contributed by atoms with Gasteiger partial charge in [-0.05, 0) is 73.9 Å². The summed E-state index contributed by atoms with van der Waals surface area (Å²) in [7, 11) is 1.57. The number of nitrogens with zero attached hydrogens (tertiary/aromatic N) is 1. The van der Waals surface area contributed by atoms with E-state index in [1.54, 1.807) is 61.7 Å². The molecule has 37 heavy (non-hydrogen) atoms. The first-order valence-electron chi connectivity index (χ1n) is 11.9. The van der Waals surface area contributed by atoms with E-state index < -0.39 is 17.7 Å². The zero-order valence-corrected chi connectivity index (χ0v) is 21.0. The minimum Gasteiger partial charge on any atom is -0.507 e. The minimum atomic E-state index is -0.877. The number of benzene rings is 3. The molecule has 0 radical (unpaired) electrons. The fourth-order valence-electron chi connectivity index (χ4n) is 4.77. The number of aliphatic hydroxyl groups is 1. The molecule has 0 aliphatic carbocycles. The van der Waals surface area contributed by atoms with Crippen LogP contribution in [0.25, 0.3) is 5.76 Å². The number of carbonyl (C=O) groups is 2. The third-order valence-corrected chi connectivity index (χ3v) is 6.58. The average molecular weight is 502 g/mol.